The third-order valence-electron chi connectivity index (χ3n) is 10.4. The van der Waals surface area contributed by atoms with Gasteiger partial charge >= 0.3 is 0 Å². The molecule has 0 amide bonds. The van der Waals surface area contributed by atoms with Crippen molar-refractivity contribution in [1.29, 1.82) is 0 Å². The van der Waals surface area contributed by atoms with Gasteiger partial charge in [-0.05, 0) is 79.8 Å². The molecule has 2 bridgehead atoms. The number of benzene rings is 2. The van der Waals surface area contributed by atoms with Gasteiger partial charge < -0.3 is 19.5 Å². The van der Waals surface area contributed by atoms with Crippen molar-refractivity contribution < 1.29 is 14.9 Å². The fourth-order valence-corrected chi connectivity index (χ4v) is 9.44. The van der Waals surface area contributed by atoms with Crippen LogP contribution in [0, 0.1) is 5.92 Å². The molecule has 35 heavy (non-hydrogen) atoms. The molecule has 1 saturated heterocycles. The summed E-state index contributed by atoms with van der Waals surface area (Å²) in [6.07, 6.45) is 6.93. The highest BCUT2D eigenvalue weighted by Gasteiger charge is 2.73. The summed E-state index contributed by atoms with van der Waals surface area (Å²) in [7, 11) is 0. The van der Waals surface area contributed by atoms with Gasteiger partial charge in [-0.15, -0.1) is 0 Å². The van der Waals surface area contributed by atoms with Gasteiger partial charge in [0.2, 0.25) is 0 Å². The molecule has 2 N–H and O–H groups in total. The average Bonchev–Trinajstić information content (AvgIpc) is 3.50. The maximum atomic E-state index is 13.0. The van der Waals surface area contributed by atoms with E-state index in [0.29, 0.717) is 12.2 Å². The highest BCUT2D eigenvalue weighted by molar-refractivity contribution is 9.10. The van der Waals surface area contributed by atoms with Gasteiger partial charge in [0, 0.05) is 41.0 Å². The van der Waals surface area contributed by atoms with Gasteiger partial charge in [-0.25, -0.2) is 0 Å². The number of ether oxygens (including phenoxy) is 1. The molecule has 3 aromatic rings. The molecule has 0 radical (unpaired) electrons. The average molecular weight is 533 g/mol. The molecule has 5 nitrogen and oxygen atoms in total. The maximum absolute atomic E-state index is 13.0. The molecule has 9 rings (SSSR count). The standard InChI is InChI=1S/C29H29BrN2O3/c30-19-7-5-16-2-1-10-32-24(16)22(19)18-13-29(34)21-12-17-6-8-20(33)26-23(17)28(29,27(35-26)25(18)32)9-11-31(21)14-15-3-4-15/h5-8,15,21,27,33-34H,1-4,9-14H2/t21-,27+,28+,29-/m1/s1. The Morgan fingerprint density at radius 1 is 1.11 bits per heavy atom. The van der Waals surface area contributed by atoms with Crippen molar-refractivity contribution in [2.45, 2.75) is 74.7 Å². The Morgan fingerprint density at radius 3 is 2.83 bits per heavy atom. The first-order valence-corrected chi connectivity index (χ1v) is 14.1. The highest BCUT2D eigenvalue weighted by Crippen LogP contribution is 2.69. The fraction of sp³-hybridized carbons (Fsp3) is 0.517. The predicted octanol–water partition coefficient (Wildman–Crippen LogP) is 4.75. The van der Waals surface area contributed by atoms with Crippen molar-refractivity contribution in [3.63, 3.8) is 0 Å². The molecular weight excluding hydrogens is 504 g/mol. The number of aromatic hydroxyl groups is 1. The molecule has 180 valence electrons. The molecule has 1 saturated carbocycles. The van der Waals surface area contributed by atoms with Crippen LogP contribution in [-0.2, 0) is 31.2 Å². The summed E-state index contributed by atoms with van der Waals surface area (Å²) in [5, 5.41) is 25.3. The summed E-state index contributed by atoms with van der Waals surface area (Å²) >= 11 is 3.89. The monoisotopic (exact) mass is 532 g/mol. The van der Waals surface area contributed by atoms with Gasteiger partial charge in [-0.1, -0.05) is 28.1 Å². The zero-order chi connectivity index (χ0) is 23.3. The largest absolute Gasteiger partial charge is 0.504 e. The van der Waals surface area contributed by atoms with Gasteiger partial charge in [0.15, 0.2) is 17.6 Å². The van der Waals surface area contributed by atoms with E-state index in [1.165, 1.54) is 46.1 Å². The van der Waals surface area contributed by atoms with Crippen molar-refractivity contribution >= 4 is 26.8 Å². The second-order valence-corrected chi connectivity index (χ2v) is 12.8. The SMILES string of the molecule is Oc1ccc2c3c1O[C@H]1c4c(c5c(Br)ccc6c5n4CCC6)C[C@@]4(O)[C@@H](C2)N(CC2CC2)CC[C@]314. The van der Waals surface area contributed by atoms with Crippen LogP contribution in [0.1, 0.15) is 59.7 Å². The van der Waals surface area contributed by atoms with Crippen LogP contribution in [0.4, 0.5) is 0 Å². The minimum Gasteiger partial charge on any atom is -0.504 e. The van der Waals surface area contributed by atoms with Crippen molar-refractivity contribution in [2.24, 2.45) is 5.92 Å². The van der Waals surface area contributed by atoms with Crippen LogP contribution in [0.3, 0.4) is 0 Å². The van der Waals surface area contributed by atoms with Crippen LogP contribution < -0.4 is 4.74 Å². The summed E-state index contributed by atoms with van der Waals surface area (Å²) in [5.74, 6) is 1.62. The summed E-state index contributed by atoms with van der Waals surface area (Å²) in [6, 6.07) is 8.43. The molecule has 0 unspecified atom stereocenters. The van der Waals surface area contributed by atoms with E-state index in [2.05, 4.69) is 43.6 Å². The number of rotatable bonds is 2. The molecule has 4 heterocycles. The third-order valence-corrected chi connectivity index (χ3v) is 11.1. The predicted molar refractivity (Wildman–Crippen MR) is 136 cm³/mol. The molecule has 4 atom stereocenters. The Hall–Kier alpha value is -2.02. The van der Waals surface area contributed by atoms with Crippen LogP contribution in [-0.4, -0.2) is 44.4 Å². The molecule has 6 heteroatoms. The number of fused-ring (bicyclic) bond motifs is 4. The van der Waals surface area contributed by atoms with Crippen LogP contribution in [0.25, 0.3) is 10.9 Å². The molecule has 6 aliphatic rings. The summed E-state index contributed by atoms with van der Waals surface area (Å²) in [6.45, 7) is 3.07. The number of phenolic OH excluding ortho intramolecular Hbond substituents is 1. The number of hydrogen-bond acceptors (Lipinski definition) is 4. The number of likely N-dealkylation sites (tertiary alicyclic amines) is 1. The second-order valence-electron chi connectivity index (χ2n) is 12.0. The molecule has 2 fully saturated rings. The van der Waals surface area contributed by atoms with Gasteiger partial charge in [-0.2, -0.15) is 0 Å². The number of hydrogen-bond donors (Lipinski definition) is 2. The summed E-state index contributed by atoms with van der Waals surface area (Å²) in [4.78, 5) is 2.61. The van der Waals surface area contributed by atoms with Gasteiger partial charge in [0.25, 0.3) is 0 Å². The Morgan fingerprint density at radius 2 is 1.97 bits per heavy atom. The Labute approximate surface area is 212 Å². The molecule has 3 aliphatic carbocycles. The highest BCUT2D eigenvalue weighted by atomic mass is 79.9. The van der Waals surface area contributed by atoms with E-state index >= 15 is 0 Å². The zero-order valence-corrected chi connectivity index (χ0v) is 21.3. The first kappa shape index (κ1) is 20.1. The van der Waals surface area contributed by atoms with Crippen molar-refractivity contribution in [2.75, 3.05) is 13.1 Å². The normalized spacial score (nSPS) is 34.0. The van der Waals surface area contributed by atoms with E-state index in [4.69, 9.17) is 4.74 Å². The Balaban J connectivity index is 1.37. The lowest BCUT2D eigenvalue weighted by atomic mass is 9.49. The number of nitrogens with zero attached hydrogens (tertiary/aromatic N) is 2. The minimum absolute atomic E-state index is 0.0737. The smallest absolute Gasteiger partial charge is 0.166 e. The minimum atomic E-state index is -0.924. The number of aliphatic hydroxyl groups is 1. The van der Waals surface area contributed by atoms with Gasteiger partial charge in [0.1, 0.15) is 0 Å². The molecule has 3 aliphatic heterocycles. The topological polar surface area (TPSA) is 57.9 Å². The number of halogens is 1. The molecule has 1 aromatic heterocycles. The summed E-state index contributed by atoms with van der Waals surface area (Å²) < 4.78 is 10.5. The van der Waals surface area contributed by atoms with Crippen LogP contribution in [0.15, 0.2) is 28.7 Å². The quantitative estimate of drug-likeness (QED) is 0.499. The fourth-order valence-electron chi connectivity index (χ4n) is 8.88. The van der Waals surface area contributed by atoms with Gasteiger partial charge in [-0.3, -0.25) is 4.90 Å². The maximum Gasteiger partial charge on any atom is 0.166 e. The van der Waals surface area contributed by atoms with E-state index in [1.54, 1.807) is 0 Å². The lowest BCUT2D eigenvalue weighted by molar-refractivity contribution is -0.173. The number of piperidine rings is 1. The lowest BCUT2D eigenvalue weighted by Crippen LogP contribution is -2.74. The Kier molecular flexibility index (Phi) is 3.60. The zero-order valence-electron chi connectivity index (χ0n) is 19.7. The Bertz CT molecular complexity index is 1470. The van der Waals surface area contributed by atoms with E-state index in [0.717, 1.165) is 61.3 Å². The van der Waals surface area contributed by atoms with E-state index < -0.39 is 11.0 Å². The number of aromatic nitrogens is 1. The van der Waals surface area contributed by atoms with Crippen LogP contribution in [0.2, 0.25) is 0 Å². The van der Waals surface area contributed by atoms with Crippen molar-refractivity contribution in [3.8, 4) is 11.5 Å². The van der Waals surface area contributed by atoms with Crippen molar-refractivity contribution in [3.05, 3.63) is 56.7 Å². The van der Waals surface area contributed by atoms with E-state index in [1.807, 2.05) is 6.07 Å². The first-order chi connectivity index (χ1) is 17.0. The number of phenols is 1. The molecule has 1 spiro atoms. The first-order valence-electron chi connectivity index (χ1n) is 13.3. The van der Waals surface area contributed by atoms with E-state index in [-0.39, 0.29) is 17.9 Å². The van der Waals surface area contributed by atoms with E-state index in [9.17, 15) is 10.2 Å². The molecular formula is C29H29BrN2O3. The molecule has 2 aromatic carbocycles. The van der Waals surface area contributed by atoms with Crippen LogP contribution in [0.5, 0.6) is 11.5 Å². The second kappa shape index (κ2) is 6.27. The summed E-state index contributed by atoms with van der Waals surface area (Å²) in [5.41, 5.74) is 6.15. The number of aryl methyl sites for hydroxylation is 2. The van der Waals surface area contributed by atoms with Gasteiger partial charge in [0.05, 0.1) is 22.2 Å². The van der Waals surface area contributed by atoms with Crippen LogP contribution >= 0.6 is 15.9 Å². The lowest BCUT2D eigenvalue weighted by Gasteiger charge is -2.63. The van der Waals surface area contributed by atoms with Crippen molar-refractivity contribution in [1.82, 2.24) is 9.47 Å². The third kappa shape index (κ3) is 2.17.